The Labute approximate surface area is 147 Å². The Morgan fingerprint density at radius 3 is 2.38 bits per heavy atom. The molecular weight excluding hydrogens is 300 g/mol. The second-order valence-corrected chi connectivity index (χ2v) is 9.72. The molecule has 0 aromatic rings. The smallest absolute Gasteiger partial charge is 0.142 e. The Morgan fingerprint density at radius 2 is 1.79 bits per heavy atom. The number of rotatable bonds is 2. The summed E-state index contributed by atoms with van der Waals surface area (Å²) in [6.45, 7) is 11.0. The van der Waals surface area contributed by atoms with Crippen LogP contribution in [-0.2, 0) is 4.79 Å². The molecule has 2 N–H and O–H groups in total. The van der Waals surface area contributed by atoms with Crippen LogP contribution in [0.4, 0.5) is 0 Å². The summed E-state index contributed by atoms with van der Waals surface area (Å²) in [7, 11) is 0. The van der Waals surface area contributed by atoms with Crippen LogP contribution in [0.5, 0.6) is 0 Å². The van der Waals surface area contributed by atoms with Crippen molar-refractivity contribution in [1.82, 2.24) is 0 Å². The van der Waals surface area contributed by atoms with Gasteiger partial charge in [0, 0.05) is 17.9 Å². The molecule has 3 aliphatic carbocycles. The molecule has 3 rings (SSSR count). The van der Waals surface area contributed by atoms with Crippen molar-refractivity contribution < 1.29 is 15.0 Å². The van der Waals surface area contributed by atoms with Crippen molar-refractivity contribution in [3.8, 4) is 0 Å². The Bertz CT molecular complexity index is 517. The van der Waals surface area contributed by atoms with E-state index in [-0.39, 0.29) is 35.2 Å². The minimum atomic E-state index is -0.467. The number of hydrogen-bond acceptors (Lipinski definition) is 3. The molecule has 3 aliphatic rings. The number of carbonyl (C=O) groups is 1. The molecule has 0 radical (unpaired) electrons. The van der Waals surface area contributed by atoms with Crippen molar-refractivity contribution in [2.45, 2.75) is 79.2 Å². The third-order valence-corrected chi connectivity index (χ3v) is 9.07. The predicted octanol–water partition coefficient (Wildman–Crippen LogP) is 3.81. The van der Waals surface area contributed by atoms with E-state index >= 15 is 0 Å². The van der Waals surface area contributed by atoms with Crippen LogP contribution in [0.1, 0.15) is 73.1 Å². The molecule has 0 aromatic carbocycles. The summed E-state index contributed by atoms with van der Waals surface area (Å²) in [5, 5.41) is 21.4. The zero-order valence-corrected chi connectivity index (χ0v) is 16.1. The number of Topliss-reactive ketones (excluding diaryl/α,β-unsaturated/α-hetero) is 1. The maximum absolute atomic E-state index is 13.4. The highest BCUT2D eigenvalue weighted by Crippen LogP contribution is 2.69. The van der Waals surface area contributed by atoms with Crippen molar-refractivity contribution >= 4 is 5.78 Å². The van der Waals surface area contributed by atoms with Gasteiger partial charge < -0.3 is 10.2 Å². The second-order valence-electron chi connectivity index (χ2n) is 9.72. The molecule has 3 fully saturated rings. The highest BCUT2D eigenvalue weighted by molar-refractivity contribution is 5.87. The molecule has 0 saturated heterocycles. The average Bonchev–Trinajstić information content (AvgIpc) is 2.96. The van der Waals surface area contributed by atoms with Gasteiger partial charge >= 0.3 is 0 Å². The lowest BCUT2D eigenvalue weighted by Crippen LogP contribution is -2.61. The third kappa shape index (κ3) is 2.13. The number of ketones is 1. The topological polar surface area (TPSA) is 57.5 Å². The lowest BCUT2D eigenvalue weighted by Gasteiger charge is -2.61. The molecule has 0 aliphatic heterocycles. The molecule has 2 bridgehead atoms. The van der Waals surface area contributed by atoms with E-state index < -0.39 is 11.5 Å². The van der Waals surface area contributed by atoms with Gasteiger partial charge in [0.2, 0.25) is 0 Å². The van der Waals surface area contributed by atoms with E-state index in [1.165, 1.54) is 0 Å². The van der Waals surface area contributed by atoms with Crippen molar-refractivity contribution in [3.63, 3.8) is 0 Å². The first-order chi connectivity index (χ1) is 11.2. The normalized spacial score (nSPS) is 55.0. The molecule has 24 heavy (non-hydrogen) atoms. The molecule has 0 spiro atoms. The summed E-state index contributed by atoms with van der Waals surface area (Å²) < 4.78 is 0. The van der Waals surface area contributed by atoms with Crippen molar-refractivity contribution in [3.05, 3.63) is 0 Å². The number of hydrogen-bond donors (Lipinski definition) is 2. The summed E-state index contributed by atoms with van der Waals surface area (Å²) in [5.74, 6) is 1.30. The first-order valence-electron chi connectivity index (χ1n) is 10.0. The van der Waals surface area contributed by atoms with Gasteiger partial charge in [-0.05, 0) is 67.1 Å². The largest absolute Gasteiger partial charge is 0.396 e. The SMILES string of the molecule is CC[C@]1(C)C[C@@H](O)[C@@]2(C)C3[C@H](CO)CC[C@@]3(CC[C@H]2C)[C@H](C)C1=O. The standard InChI is InChI=1S/C21H36O3/c1-6-19(4)11-16(23)20(5)13(2)7-9-21(14(3)18(19)24)10-8-15(12-22)17(20)21/h13-17,22-23H,6-12H2,1-5H3/t13-,14-,15+,16-,17?,19-,20+,21+/m1/s1. The summed E-state index contributed by atoms with van der Waals surface area (Å²) in [6.07, 6.45) is 5.08. The van der Waals surface area contributed by atoms with Crippen molar-refractivity contribution in [2.75, 3.05) is 6.61 Å². The van der Waals surface area contributed by atoms with Gasteiger partial charge in [-0.15, -0.1) is 0 Å². The van der Waals surface area contributed by atoms with Crippen molar-refractivity contribution in [2.24, 2.45) is 39.9 Å². The van der Waals surface area contributed by atoms with Crippen molar-refractivity contribution in [1.29, 1.82) is 0 Å². The summed E-state index contributed by atoms with van der Waals surface area (Å²) in [6, 6.07) is 0. The lowest BCUT2D eigenvalue weighted by atomic mass is 9.43. The minimum Gasteiger partial charge on any atom is -0.396 e. The van der Waals surface area contributed by atoms with Gasteiger partial charge in [-0.3, -0.25) is 4.79 Å². The summed E-state index contributed by atoms with van der Waals surface area (Å²) in [4.78, 5) is 13.4. The second kappa shape index (κ2) is 5.81. The maximum Gasteiger partial charge on any atom is 0.142 e. The van der Waals surface area contributed by atoms with E-state index in [0.717, 1.165) is 32.1 Å². The molecular formula is C21H36O3. The quantitative estimate of drug-likeness (QED) is 0.806. The fourth-order valence-corrected chi connectivity index (χ4v) is 7.04. The van der Waals surface area contributed by atoms with Crippen LogP contribution >= 0.6 is 0 Å². The Kier molecular flexibility index (Phi) is 4.45. The molecule has 0 heterocycles. The van der Waals surface area contributed by atoms with Crippen LogP contribution in [0, 0.1) is 39.9 Å². The fraction of sp³-hybridized carbons (Fsp3) is 0.952. The minimum absolute atomic E-state index is 0.0242. The molecule has 8 atom stereocenters. The summed E-state index contributed by atoms with van der Waals surface area (Å²) >= 11 is 0. The van der Waals surface area contributed by atoms with Gasteiger partial charge in [-0.25, -0.2) is 0 Å². The molecule has 1 unspecified atom stereocenters. The molecule has 0 amide bonds. The van der Waals surface area contributed by atoms with Crippen LogP contribution in [0.3, 0.4) is 0 Å². The first kappa shape index (κ1) is 18.4. The van der Waals surface area contributed by atoms with Crippen LogP contribution in [0.25, 0.3) is 0 Å². The number of aliphatic hydroxyl groups is 2. The Morgan fingerprint density at radius 1 is 1.17 bits per heavy atom. The zero-order valence-electron chi connectivity index (χ0n) is 16.1. The molecule has 0 aromatic heterocycles. The van der Waals surface area contributed by atoms with E-state index in [0.29, 0.717) is 18.1 Å². The lowest BCUT2D eigenvalue weighted by molar-refractivity contribution is -0.184. The van der Waals surface area contributed by atoms with Crippen LogP contribution < -0.4 is 0 Å². The van der Waals surface area contributed by atoms with E-state index in [2.05, 4.69) is 34.6 Å². The van der Waals surface area contributed by atoms with E-state index in [1.807, 2.05) is 0 Å². The molecule has 3 heteroatoms. The average molecular weight is 337 g/mol. The molecule has 3 nitrogen and oxygen atoms in total. The summed E-state index contributed by atoms with van der Waals surface area (Å²) in [5.41, 5.74) is -0.649. The third-order valence-electron chi connectivity index (χ3n) is 9.07. The molecule has 3 saturated carbocycles. The fourth-order valence-electron chi connectivity index (χ4n) is 7.04. The van der Waals surface area contributed by atoms with Gasteiger partial charge in [0.15, 0.2) is 0 Å². The van der Waals surface area contributed by atoms with Gasteiger partial charge in [-0.2, -0.15) is 0 Å². The highest BCUT2D eigenvalue weighted by Gasteiger charge is 2.66. The zero-order chi connectivity index (χ0) is 17.9. The van der Waals surface area contributed by atoms with Gasteiger partial charge in [0.25, 0.3) is 0 Å². The maximum atomic E-state index is 13.4. The Balaban J connectivity index is 2.19. The van der Waals surface area contributed by atoms with Gasteiger partial charge in [-0.1, -0.05) is 34.6 Å². The van der Waals surface area contributed by atoms with Gasteiger partial charge in [0.1, 0.15) is 5.78 Å². The number of carbonyl (C=O) groups excluding carboxylic acids is 1. The number of aliphatic hydroxyl groups excluding tert-OH is 2. The van der Waals surface area contributed by atoms with E-state index in [1.54, 1.807) is 0 Å². The van der Waals surface area contributed by atoms with E-state index in [9.17, 15) is 15.0 Å². The predicted molar refractivity (Wildman–Crippen MR) is 95.4 cm³/mol. The van der Waals surface area contributed by atoms with Gasteiger partial charge in [0.05, 0.1) is 6.10 Å². The monoisotopic (exact) mass is 336 g/mol. The first-order valence-corrected chi connectivity index (χ1v) is 10.0. The van der Waals surface area contributed by atoms with Crippen LogP contribution in [0.15, 0.2) is 0 Å². The van der Waals surface area contributed by atoms with Crippen LogP contribution in [0.2, 0.25) is 0 Å². The van der Waals surface area contributed by atoms with Crippen LogP contribution in [-0.4, -0.2) is 28.7 Å². The Hall–Kier alpha value is -0.410. The van der Waals surface area contributed by atoms with E-state index in [4.69, 9.17) is 0 Å². The highest BCUT2D eigenvalue weighted by atomic mass is 16.3. The molecule has 138 valence electrons.